The molecular formula is C19H23BrN2O5. The van der Waals surface area contributed by atoms with Gasteiger partial charge in [-0.1, -0.05) is 0 Å². The molecule has 0 radical (unpaired) electrons. The molecule has 1 N–H and O–H groups in total. The molecule has 146 valence electrons. The van der Waals surface area contributed by atoms with Gasteiger partial charge in [0.2, 0.25) is 0 Å². The predicted molar refractivity (Wildman–Crippen MR) is 105 cm³/mol. The second-order valence-electron chi connectivity index (χ2n) is 7.88. The molecule has 1 fully saturated rings. The summed E-state index contributed by atoms with van der Waals surface area (Å²) < 4.78 is 11.5. The molecule has 1 heterocycles. The van der Waals surface area contributed by atoms with Gasteiger partial charge < -0.3 is 14.5 Å². The number of aromatic nitrogens is 1. The maximum atomic E-state index is 12.5. The van der Waals surface area contributed by atoms with Crippen LogP contribution < -0.4 is 0 Å². The van der Waals surface area contributed by atoms with Crippen molar-refractivity contribution in [1.29, 1.82) is 0 Å². The van der Waals surface area contributed by atoms with Gasteiger partial charge in [0.25, 0.3) is 5.69 Å². The summed E-state index contributed by atoms with van der Waals surface area (Å²) in [5, 5.41) is 12.5. The number of carbonyl (C=O) groups excluding carboxylic acids is 1. The first kappa shape index (κ1) is 19.8. The van der Waals surface area contributed by atoms with E-state index in [1.165, 1.54) is 7.11 Å². The van der Waals surface area contributed by atoms with E-state index in [0.717, 1.165) is 18.5 Å². The zero-order chi connectivity index (χ0) is 20.1. The number of ether oxygens (including phenoxy) is 2. The fraction of sp³-hybridized carbons (Fsp3) is 0.526. The third-order valence-electron chi connectivity index (χ3n) is 4.66. The highest BCUT2D eigenvalue weighted by atomic mass is 79.9. The van der Waals surface area contributed by atoms with Crippen LogP contribution in [0.15, 0.2) is 10.5 Å². The van der Waals surface area contributed by atoms with Crippen LogP contribution in [0.3, 0.4) is 0 Å². The summed E-state index contributed by atoms with van der Waals surface area (Å²) in [5.74, 6) is -0.185. The molecule has 1 aromatic heterocycles. The minimum absolute atomic E-state index is 0.0403. The molecule has 3 rings (SSSR count). The molecular weight excluding hydrogens is 416 g/mol. The lowest BCUT2D eigenvalue weighted by Gasteiger charge is -2.27. The number of benzene rings is 1. The van der Waals surface area contributed by atoms with E-state index in [0.29, 0.717) is 32.4 Å². The molecule has 8 heteroatoms. The number of nitrogens with zero attached hydrogens (tertiary/aromatic N) is 1. The molecule has 0 bridgehead atoms. The minimum atomic E-state index is -1.08. The first-order chi connectivity index (χ1) is 12.5. The van der Waals surface area contributed by atoms with Gasteiger partial charge in [-0.2, -0.15) is 0 Å². The zero-order valence-electron chi connectivity index (χ0n) is 16.0. The van der Waals surface area contributed by atoms with Gasteiger partial charge in [0.1, 0.15) is 5.52 Å². The Hall–Kier alpha value is -1.93. The van der Waals surface area contributed by atoms with E-state index < -0.39 is 22.6 Å². The number of esters is 1. The minimum Gasteiger partial charge on any atom is -0.467 e. The van der Waals surface area contributed by atoms with Gasteiger partial charge in [-0.25, -0.2) is 4.79 Å². The Balaban J connectivity index is 2.30. The Labute approximate surface area is 165 Å². The number of fused-ring (bicyclic) bond motifs is 1. The van der Waals surface area contributed by atoms with E-state index in [1.807, 2.05) is 26.8 Å². The van der Waals surface area contributed by atoms with Crippen molar-refractivity contribution in [3.05, 3.63) is 37.5 Å². The van der Waals surface area contributed by atoms with Gasteiger partial charge >= 0.3 is 5.97 Å². The first-order valence-electron chi connectivity index (χ1n) is 8.79. The standard InChI is InChI=1S/C19H23BrN2O5/c1-9-13(17(18(23)26-5)27-19(2,3)4)14(20)11-8-12(10-6-7-10)21-15(11)16(9)22(24)25/h8,10,17,21H,6-7H2,1-5H3/t17-/m0/s1. The molecule has 0 amide bonds. The van der Waals surface area contributed by atoms with Gasteiger partial charge in [-0.15, -0.1) is 0 Å². The van der Waals surface area contributed by atoms with Crippen LogP contribution in [0.4, 0.5) is 5.69 Å². The molecule has 1 aliphatic rings. The van der Waals surface area contributed by atoms with Crippen LogP contribution in [0, 0.1) is 17.0 Å². The molecule has 1 atom stereocenters. The fourth-order valence-electron chi connectivity index (χ4n) is 3.30. The van der Waals surface area contributed by atoms with Crippen LogP contribution >= 0.6 is 15.9 Å². The second-order valence-corrected chi connectivity index (χ2v) is 8.67. The lowest BCUT2D eigenvalue weighted by atomic mass is 9.98. The van der Waals surface area contributed by atoms with Gasteiger partial charge in [-0.3, -0.25) is 10.1 Å². The van der Waals surface area contributed by atoms with Crippen molar-refractivity contribution in [1.82, 2.24) is 4.98 Å². The second kappa shape index (κ2) is 6.91. The molecule has 27 heavy (non-hydrogen) atoms. The molecule has 1 saturated carbocycles. The van der Waals surface area contributed by atoms with Crippen molar-refractivity contribution in [2.24, 2.45) is 0 Å². The SMILES string of the molecule is COC(=O)[C@@H](OC(C)(C)C)c1c(C)c([N+](=O)[O-])c2[nH]c(C3CC3)cc2c1Br. The number of nitro groups is 1. The molecule has 1 aliphatic carbocycles. The molecule has 1 aromatic carbocycles. The first-order valence-corrected chi connectivity index (χ1v) is 9.59. The van der Waals surface area contributed by atoms with Crippen molar-refractivity contribution in [3.8, 4) is 0 Å². The van der Waals surface area contributed by atoms with Crippen LogP contribution in [0.25, 0.3) is 10.9 Å². The summed E-state index contributed by atoms with van der Waals surface area (Å²) in [6.07, 6.45) is 1.07. The van der Waals surface area contributed by atoms with E-state index in [4.69, 9.17) is 9.47 Å². The fourth-order valence-corrected chi connectivity index (χ4v) is 4.12. The molecule has 0 saturated heterocycles. The Morgan fingerprint density at radius 3 is 2.52 bits per heavy atom. The predicted octanol–water partition coefficient (Wildman–Crippen LogP) is 5.05. The van der Waals surface area contributed by atoms with Crippen LogP contribution in [0.5, 0.6) is 0 Å². The Morgan fingerprint density at radius 2 is 2.04 bits per heavy atom. The third kappa shape index (κ3) is 3.73. The van der Waals surface area contributed by atoms with E-state index in [1.54, 1.807) is 6.92 Å². The summed E-state index contributed by atoms with van der Waals surface area (Å²) in [6.45, 7) is 7.10. The van der Waals surface area contributed by atoms with Gasteiger partial charge in [0.05, 0.1) is 17.6 Å². The van der Waals surface area contributed by atoms with E-state index in [-0.39, 0.29) is 5.69 Å². The van der Waals surface area contributed by atoms with Crippen molar-refractivity contribution in [3.63, 3.8) is 0 Å². The third-order valence-corrected chi connectivity index (χ3v) is 5.51. The number of hydrogen-bond acceptors (Lipinski definition) is 5. The molecule has 0 aliphatic heterocycles. The number of nitro benzene ring substituents is 1. The average molecular weight is 439 g/mol. The lowest BCUT2D eigenvalue weighted by molar-refractivity contribution is -0.383. The molecule has 7 nitrogen and oxygen atoms in total. The summed E-state index contributed by atoms with van der Waals surface area (Å²) in [6, 6.07) is 1.93. The lowest BCUT2D eigenvalue weighted by Crippen LogP contribution is -2.29. The molecule has 2 aromatic rings. The number of rotatable bonds is 5. The van der Waals surface area contributed by atoms with Crippen LogP contribution in [0.2, 0.25) is 0 Å². The number of methoxy groups -OCH3 is 1. The Morgan fingerprint density at radius 1 is 1.41 bits per heavy atom. The maximum Gasteiger partial charge on any atom is 0.339 e. The highest BCUT2D eigenvalue weighted by Gasteiger charge is 2.36. The topological polar surface area (TPSA) is 94.5 Å². The summed E-state index contributed by atoms with van der Waals surface area (Å²) >= 11 is 3.57. The van der Waals surface area contributed by atoms with Gasteiger partial charge in [0.15, 0.2) is 6.10 Å². The Bertz CT molecular complexity index is 925. The van der Waals surface area contributed by atoms with Crippen molar-refractivity contribution in [2.75, 3.05) is 7.11 Å². The normalized spacial score (nSPS) is 15.8. The molecule has 0 spiro atoms. The van der Waals surface area contributed by atoms with E-state index in [2.05, 4.69) is 20.9 Å². The van der Waals surface area contributed by atoms with Crippen LogP contribution in [-0.4, -0.2) is 28.6 Å². The zero-order valence-corrected chi connectivity index (χ0v) is 17.6. The number of nitrogens with one attached hydrogen (secondary N) is 1. The summed E-state index contributed by atoms with van der Waals surface area (Å²) in [5.41, 5.74) is 1.57. The summed E-state index contributed by atoms with van der Waals surface area (Å²) in [7, 11) is 1.28. The van der Waals surface area contributed by atoms with Gasteiger partial charge in [0, 0.05) is 26.7 Å². The number of H-pyrrole nitrogens is 1. The van der Waals surface area contributed by atoms with Crippen molar-refractivity contribution < 1.29 is 19.2 Å². The number of hydrogen-bond donors (Lipinski definition) is 1. The van der Waals surface area contributed by atoms with Crippen LogP contribution in [0.1, 0.15) is 62.5 Å². The number of aromatic amines is 1. The Kier molecular flexibility index (Phi) is 5.07. The smallest absolute Gasteiger partial charge is 0.339 e. The number of carbonyl (C=O) groups is 1. The monoisotopic (exact) mass is 438 g/mol. The van der Waals surface area contributed by atoms with E-state index in [9.17, 15) is 14.9 Å². The summed E-state index contributed by atoms with van der Waals surface area (Å²) in [4.78, 5) is 27.2. The highest BCUT2D eigenvalue weighted by Crippen LogP contribution is 2.47. The average Bonchev–Trinajstić information content (AvgIpc) is 3.31. The highest BCUT2D eigenvalue weighted by molar-refractivity contribution is 9.10. The van der Waals surface area contributed by atoms with Crippen molar-refractivity contribution in [2.45, 2.75) is 58.2 Å². The maximum absolute atomic E-state index is 12.5. The van der Waals surface area contributed by atoms with Crippen LogP contribution in [-0.2, 0) is 14.3 Å². The quantitative estimate of drug-likeness (QED) is 0.400. The van der Waals surface area contributed by atoms with E-state index >= 15 is 0 Å². The largest absolute Gasteiger partial charge is 0.467 e. The molecule has 0 unspecified atom stereocenters. The number of halogens is 1. The van der Waals surface area contributed by atoms with Gasteiger partial charge in [-0.05, 0) is 68.5 Å². The van der Waals surface area contributed by atoms with Crippen molar-refractivity contribution >= 4 is 38.5 Å².